The highest BCUT2D eigenvalue weighted by Crippen LogP contribution is 2.28. The van der Waals surface area contributed by atoms with Crippen molar-refractivity contribution in [2.45, 2.75) is 27.2 Å². The molecule has 0 radical (unpaired) electrons. The molecule has 3 heteroatoms. The second kappa shape index (κ2) is 3.99. The molecule has 1 heterocycles. The summed E-state index contributed by atoms with van der Waals surface area (Å²) in [5.74, 6) is -0.320. The van der Waals surface area contributed by atoms with Crippen LogP contribution in [0.2, 0.25) is 0 Å². The van der Waals surface area contributed by atoms with Crippen molar-refractivity contribution in [3.8, 4) is 0 Å². The van der Waals surface area contributed by atoms with Gasteiger partial charge in [0.2, 0.25) is 0 Å². The Morgan fingerprint density at radius 3 is 1.94 bits per heavy atom. The largest absolute Gasteiger partial charge is 0.274 e. The number of imide groups is 1. The average Bonchev–Trinajstić information content (AvgIpc) is 2.55. The van der Waals surface area contributed by atoms with Gasteiger partial charge >= 0.3 is 0 Å². The van der Waals surface area contributed by atoms with E-state index in [0.717, 1.165) is 6.42 Å². The number of benzene rings is 1. The lowest BCUT2D eigenvalue weighted by molar-refractivity contribution is 0.0588. The average molecular weight is 231 g/mol. The molecular weight excluding hydrogens is 214 g/mol. The third-order valence-electron chi connectivity index (χ3n) is 3.42. The summed E-state index contributed by atoms with van der Waals surface area (Å²) in [4.78, 5) is 25.6. The Labute approximate surface area is 101 Å². The summed E-state index contributed by atoms with van der Waals surface area (Å²) in [6, 6.07) is 7.01. The maximum atomic E-state index is 12.1. The van der Waals surface area contributed by atoms with E-state index < -0.39 is 0 Å². The van der Waals surface area contributed by atoms with Crippen LogP contribution in [0.1, 0.15) is 47.9 Å². The predicted molar refractivity (Wildman–Crippen MR) is 65.9 cm³/mol. The van der Waals surface area contributed by atoms with E-state index >= 15 is 0 Å². The SMILES string of the molecule is CCC(C)(C)CN1C(=O)c2ccccc2C1=O. The van der Waals surface area contributed by atoms with E-state index in [4.69, 9.17) is 0 Å². The maximum absolute atomic E-state index is 12.1. The number of carbonyl (C=O) groups excluding carboxylic acids is 2. The molecule has 0 fully saturated rings. The van der Waals surface area contributed by atoms with Gasteiger partial charge in [-0.25, -0.2) is 0 Å². The van der Waals surface area contributed by atoms with Crippen LogP contribution in [0, 0.1) is 5.41 Å². The highest BCUT2D eigenvalue weighted by Gasteiger charge is 2.37. The Morgan fingerprint density at radius 2 is 1.53 bits per heavy atom. The number of carbonyl (C=O) groups is 2. The monoisotopic (exact) mass is 231 g/mol. The van der Waals surface area contributed by atoms with Crippen LogP contribution in [-0.2, 0) is 0 Å². The molecule has 90 valence electrons. The molecule has 0 saturated heterocycles. The molecule has 1 aliphatic heterocycles. The molecule has 2 rings (SSSR count). The van der Waals surface area contributed by atoms with E-state index in [1.165, 1.54) is 4.90 Å². The fourth-order valence-electron chi connectivity index (χ4n) is 1.92. The zero-order valence-electron chi connectivity index (χ0n) is 10.5. The number of nitrogens with zero attached hydrogens (tertiary/aromatic N) is 1. The van der Waals surface area contributed by atoms with Crippen LogP contribution >= 0.6 is 0 Å². The van der Waals surface area contributed by atoms with Gasteiger partial charge in [-0.15, -0.1) is 0 Å². The topological polar surface area (TPSA) is 37.4 Å². The summed E-state index contributed by atoms with van der Waals surface area (Å²) in [5.41, 5.74) is 1.03. The van der Waals surface area contributed by atoms with Crippen LogP contribution in [0.25, 0.3) is 0 Å². The molecule has 0 aliphatic carbocycles. The van der Waals surface area contributed by atoms with Crippen LogP contribution in [-0.4, -0.2) is 23.3 Å². The quantitative estimate of drug-likeness (QED) is 0.750. The van der Waals surface area contributed by atoms with Crippen LogP contribution < -0.4 is 0 Å². The molecule has 2 amide bonds. The van der Waals surface area contributed by atoms with Crippen LogP contribution in [0.5, 0.6) is 0 Å². The minimum Gasteiger partial charge on any atom is -0.274 e. The van der Waals surface area contributed by atoms with Gasteiger partial charge in [0.15, 0.2) is 0 Å². The smallest absolute Gasteiger partial charge is 0.261 e. The number of fused-ring (bicyclic) bond motifs is 1. The minimum atomic E-state index is -0.160. The molecule has 0 aromatic heterocycles. The van der Waals surface area contributed by atoms with Crippen LogP contribution in [0.3, 0.4) is 0 Å². The first-order chi connectivity index (χ1) is 7.96. The van der Waals surface area contributed by atoms with Crippen molar-refractivity contribution in [2.75, 3.05) is 6.54 Å². The van der Waals surface area contributed by atoms with E-state index in [9.17, 15) is 9.59 Å². The first-order valence-electron chi connectivity index (χ1n) is 5.91. The van der Waals surface area contributed by atoms with Crippen molar-refractivity contribution < 1.29 is 9.59 Å². The lowest BCUT2D eigenvalue weighted by atomic mass is 9.90. The molecule has 0 N–H and O–H groups in total. The first-order valence-corrected chi connectivity index (χ1v) is 5.91. The summed E-state index contributed by atoms with van der Waals surface area (Å²) in [7, 11) is 0. The molecule has 0 unspecified atom stereocenters. The van der Waals surface area contributed by atoms with Gasteiger partial charge in [-0.2, -0.15) is 0 Å². The van der Waals surface area contributed by atoms with Gasteiger partial charge in [-0.05, 0) is 24.0 Å². The third-order valence-corrected chi connectivity index (χ3v) is 3.42. The molecular formula is C14H17NO2. The van der Waals surface area contributed by atoms with Gasteiger partial charge in [0.25, 0.3) is 11.8 Å². The summed E-state index contributed by atoms with van der Waals surface area (Å²) in [5, 5.41) is 0. The number of rotatable bonds is 3. The van der Waals surface area contributed by atoms with Gasteiger partial charge in [-0.1, -0.05) is 32.9 Å². The van der Waals surface area contributed by atoms with Crippen molar-refractivity contribution in [3.05, 3.63) is 35.4 Å². The Kier molecular flexibility index (Phi) is 2.77. The van der Waals surface area contributed by atoms with Crippen molar-refractivity contribution >= 4 is 11.8 Å². The van der Waals surface area contributed by atoms with Crippen LogP contribution in [0.4, 0.5) is 0 Å². The van der Waals surface area contributed by atoms with Gasteiger partial charge < -0.3 is 0 Å². The first kappa shape index (κ1) is 11.8. The Balaban J connectivity index is 2.31. The summed E-state index contributed by atoms with van der Waals surface area (Å²) in [6.45, 7) is 6.68. The Hall–Kier alpha value is -1.64. The summed E-state index contributed by atoms with van der Waals surface area (Å²) >= 11 is 0. The van der Waals surface area contributed by atoms with Gasteiger partial charge in [0, 0.05) is 6.54 Å². The number of amides is 2. The van der Waals surface area contributed by atoms with E-state index in [0.29, 0.717) is 17.7 Å². The fourth-order valence-corrected chi connectivity index (χ4v) is 1.92. The van der Waals surface area contributed by atoms with E-state index in [-0.39, 0.29) is 17.2 Å². The Morgan fingerprint density at radius 1 is 1.06 bits per heavy atom. The van der Waals surface area contributed by atoms with E-state index in [1.54, 1.807) is 24.3 Å². The molecule has 0 spiro atoms. The standard InChI is InChI=1S/C14H17NO2/c1-4-14(2,3)9-15-12(16)10-7-5-6-8-11(10)13(15)17/h5-8H,4,9H2,1-3H3. The van der Waals surface area contributed by atoms with E-state index in [1.807, 2.05) is 0 Å². The maximum Gasteiger partial charge on any atom is 0.261 e. The van der Waals surface area contributed by atoms with Crippen molar-refractivity contribution in [1.82, 2.24) is 4.90 Å². The van der Waals surface area contributed by atoms with Crippen molar-refractivity contribution in [1.29, 1.82) is 0 Å². The van der Waals surface area contributed by atoms with Gasteiger partial charge in [0.1, 0.15) is 0 Å². The van der Waals surface area contributed by atoms with Crippen molar-refractivity contribution in [2.24, 2.45) is 5.41 Å². The zero-order valence-corrected chi connectivity index (χ0v) is 10.5. The van der Waals surface area contributed by atoms with Gasteiger partial charge in [0.05, 0.1) is 11.1 Å². The third kappa shape index (κ3) is 1.97. The number of hydrogen-bond acceptors (Lipinski definition) is 2. The predicted octanol–water partition coefficient (Wildman–Crippen LogP) is 2.72. The van der Waals surface area contributed by atoms with Gasteiger partial charge in [-0.3, -0.25) is 14.5 Å². The second-order valence-electron chi connectivity index (χ2n) is 5.26. The van der Waals surface area contributed by atoms with Crippen LogP contribution in [0.15, 0.2) is 24.3 Å². The zero-order chi connectivity index (χ0) is 12.6. The molecule has 17 heavy (non-hydrogen) atoms. The summed E-state index contributed by atoms with van der Waals surface area (Å²) < 4.78 is 0. The molecule has 1 aromatic rings. The lowest BCUT2D eigenvalue weighted by Gasteiger charge is -2.27. The lowest BCUT2D eigenvalue weighted by Crippen LogP contribution is -2.38. The van der Waals surface area contributed by atoms with Crippen molar-refractivity contribution in [3.63, 3.8) is 0 Å². The highest BCUT2D eigenvalue weighted by molar-refractivity contribution is 6.21. The minimum absolute atomic E-state index is 0.0344. The Bertz CT molecular complexity index is 442. The molecule has 0 bridgehead atoms. The molecule has 1 aliphatic rings. The normalized spacial score (nSPS) is 15.4. The molecule has 0 saturated carbocycles. The highest BCUT2D eigenvalue weighted by atomic mass is 16.2. The summed E-state index contributed by atoms with van der Waals surface area (Å²) in [6.07, 6.45) is 0.931. The molecule has 1 aromatic carbocycles. The molecule has 3 nitrogen and oxygen atoms in total. The second-order valence-corrected chi connectivity index (χ2v) is 5.26. The van der Waals surface area contributed by atoms with E-state index in [2.05, 4.69) is 20.8 Å². The number of hydrogen-bond donors (Lipinski definition) is 0. The molecule has 0 atom stereocenters. The fraction of sp³-hybridized carbons (Fsp3) is 0.429.